The number of nitrogens with one attached hydrogen (secondary N) is 2. The van der Waals surface area contributed by atoms with E-state index in [1.54, 1.807) is 0 Å². The molecular formula is C14H20N4O2. The van der Waals surface area contributed by atoms with E-state index in [0.29, 0.717) is 11.7 Å². The Kier molecular flexibility index (Phi) is 3.82. The van der Waals surface area contributed by atoms with Gasteiger partial charge in [-0.25, -0.2) is 4.98 Å². The molecule has 0 radical (unpaired) electrons. The highest BCUT2D eigenvalue weighted by atomic mass is 16.2. The van der Waals surface area contributed by atoms with Crippen molar-refractivity contribution in [2.24, 2.45) is 5.92 Å². The van der Waals surface area contributed by atoms with E-state index in [1.165, 1.54) is 19.0 Å². The Labute approximate surface area is 117 Å². The average molecular weight is 276 g/mol. The summed E-state index contributed by atoms with van der Waals surface area (Å²) in [6, 6.07) is 0.531. The van der Waals surface area contributed by atoms with Crippen LogP contribution >= 0.6 is 0 Å². The fraction of sp³-hybridized carbons (Fsp3) is 0.643. The standard InChI is InChI=1S/C14H20N4O2/c19-13-9-16-12(8-17-13)14(20)18-5-3-11(4-6-18)15-7-10-1-2-10/h8-11,15H,1-7H2,(H,17,19). The molecule has 1 saturated carbocycles. The summed E-state index contributed by atoms with van der Waals surface area (Å²) >= 11 is 0. The number of carbonyl (C=O) groups excluding carboxylic acids is 1. The molecule has 2 heterocycles. The molecule has 6 nitrogen and oxygen atoms in total. The fourth-order valence-electron chi connectivity index (χ4n) is 2.56. The third kappa shape index (κ3) is 3.25. The summed E-state index contributed by atoms with van der Waals surface area (Å²) in [5, 5.41) is 3.59. The maximum Gasteiger partial charge on any atom is 0.273 e. The summed E-state index contributed by atoms with van der Waals surface area (Å²) in [5.74, 6) is 0.793. The molecule has 3 rings (SSSR count). The molecule has 1 amide bonds. The highest BCUT2D eigenvalue weighted by Gasteiger charge is 2.26. The minimum atomic E-state index is -0.287. The second-order valence-electron chi connectivity index (χ2n) is 5.71. The van der Waals surface area contributed by atoms with Gasteiger partial charge < -0.3 is 15.2 Å². The molecule has 1 saturated heterocycles. The van der Waals surface area contributed by atoms with Crippen molar-refractivity contribution in [3.05, 3.63) is 28.4 Å². The number of aromatic amines is 1. The van der Waals surface area contributed by atoms with Gasteiger partial charge in [-0.3, -0.25) is 9.59 Å². The first-order chi connectivity index (χ1) is 9.72. The molecule has 1 aliphatic carbocycles. The Hall–Kier alpha value is -1.69. The SMILES string of the molecule is O=C(c1c[nH]c(=O)cn1)N1CCC(NCC2CC2)CC1. The van der Waals surface area contributed by atoms with E-state index in [0.717, 1.165) is 44.6 Å². The van der Waals surface area contributed by atoms with Crippen molar-refractivity contribution in [2.45, 2.75) is 31.7 Å². The van der Waals surface area contributed by atoms with Gasteiger partial charge >= 0.3 is 0 Å². The van der Waals surface area contributed by atoms with Gasteiger partial charge in [0.2, 0.25) is 0 Å². The molecule has 1 aliphatic heterocycles. The van der Waals surface area contributed by atoms with Crippen molar-refractivity contribution < 1.29 is 4.79 Å². The van der Waals surface area contributed by atoms with E-state index in [2.05, 4.69) is 15.3 Å². The second kappa shape index (κ2) is 5.75. The zero-order chi connectivity index (χ0) is 13.9. The lowest BCUT2D eigenvalue weighted by molar-refractivity contribution is 0.0698. The molecule has 108 valence electrons. The topological polar surface area (TPSA) is 78.1 Å². The Morgan fingerprint density at radius 3 is 2.70 bits per heavy atom. The van der Waals surface area contributed by atoms with Crippen molar-refractivity contribution in [1.29, 1.82) is 0 Å². The summed E-state index contributed by atoms with van der Waals surface area (Å²) in [6.45, 7) is 2.63. The van der Waals surface area contributed by atoms with E-state index >= 15 is 0 Å². The summed E-state index contributed by atoms with van der Waals surface area (Å²) < 4.78 is 0. The van der Waals surface area contributed by atoms with Crippen LogP contribution in [0.3, 0.4) is 0 Å². The minimum Gasteiger partial charge on any atom is -0.337 e. The van der Waals surface area contributed by atoms with Crippen molar-refractivity contribution in [1.82, 2.24) is 20.2 Å². The molecule has 0 unspecified atom stereocenters. The Bertz CT molecular complexity index is 510. The maximum absolute atomic E-state index is 12.2. The molecule has 2 fully saturated rings. The molecular weight excluding hydrogens is 256 g/mol. The quantitative estimate of drug-likeness (QED) is 0.833. The third-order valence-corrected chi connectivity index (χ3v) is 4.07. The molecule has 1 aromatic rings. The number of aromatic nitrogens is 2. The zero-order valence-electron chi connectivity index (χ0n) is 11.5. The van der Waals surface area contributed by atoms with E-state index in [9.17, 15) is 9.59 Å². The van der Waals surface area contributed by atoms with Crippen LogP contribution in [0.2, 0.25) is 0 Å². The molecule has 0 spiro atoms. The molecule has 6 heteroatoms. The lowest BCUT2D eigenvalue weighted by Gasteiger charge is -2.32. The van der Waals surface area contributed by atoms with Gasteiger partial charge in [-0.05, 0) is 38.1 Å². The maximum atomic E-state index is 12.2. The third-order valence-electron chi connectivity index (χ3n) is 4.07. The highest BCUT2D eigenvalue weighted by molar-refractivity contribution is 5.92. The lowest BCUT2D eigenvalue weighted by Crippen LogP contribution is -2.45. The van der Waals surface area contributed by atoms with Gasteiger partial charge in [0.25, 0.3) is 11.5 Å². The van der Waals surface area contributed by atoms with Gasteiger partial charge in [-0.2, -0.15) is 0 Å². The molecule has 1 aromatic heterocycles. The van der Waals surface area contributed by atoms with Crippen molar-refractivity contribution in [3.63, 3.8) is 0 Å². The summed E-state index contributed by atoms with van der Waals surface area (Å²) in [7, 11) is 0. The summed E-state index contributed by atoms with van der Waals surface area (Å²) in [4.78, 5) is 31.4. The molecule has 2 N–H and O–H groups in total. The summed E-state index contributed by atoms with van der Waals surface area (Å²) in [5.41, 5.74) is 0.0264. The van der Waals surface area contributed by atoms with Gasteiger partial charge in [0.15, 0.2) is 0 Å². The number of hydrogen-bond donors (Lipinski definition) is 2. The molecule has 0 atom stereocenters. The monoisotopic (exact) mass is 276 g/mol. The van der Waals surface area contributed by atoms with Crippen molar-refractivity contribution >= 4 is 5.91 Å². The lowest BCUT2D eigenvalue weighted by atomic mass is 10.0. The van der Waals surface area contributed by atoms with Gasteiger partial charge in [0.1, 0.15) is 5.69 Å². The van der Waals surface area contributed by atoms with Gasteiger partial charge in [-0.15, -0.1) is 0 Å². The van der Waals surface area contributed by atoms with Crippen LogP contribution in [-0.4, -0.2) is 46.5 Å². The fourth-order valence-corrected chi connectivity index (χ4v) is 2.56. The summed E-state index contributed by atoms with van der Waals surface area (Å²) in [6.07, 6.45) is 7.24. The number of hydrogen-bond acceptors (Lipinski definition) is 4. The van der Waals surface area contributed by atoms with Gasteiger partial charge in [0.05, 0.1) is 6.20 Å². The van der Waals surface area contributed by atoms with E-state index in [-0.39, 0.29) is 11.5 Å². The van der Waals surface area contributed by atoms with Crippen LogP contribution in [0, 0.1) is 5.92 Å². The van der Waals surface area contributed by atoms with Crippen LogP contribution in [0.25, 0.3) is 0 Å². The molecule has 2 aliphatic rings. The Morgan fingerprint density at radius 2 is 2.10 bits per heavy atom. The van der Waals surface area contributed by atoms with Gasteiger partial charge in [0, 0.05) is 25.3 Å². The Balaban J connectivity index is 1.50. The largest absolute Gasteiger partial charge is 0.337 e. The number of H-pyrrole nitrogens is 1. The first-order valence-electron chi connectivity index (χ1n) is 7.30. The normalized spacial score (nSPS) is 20.1. The second-order valence-corrected chi connectivity index (χ2v) is 5.71. The Morgan fingerprint density at radius 1 is 1.35 bits per heavy atom. The number of nitrogens with zero attached hydrogens (tertiary/aromatic N) is 2. The minimum absolute atomic E-state index is 0.0955. The number of rotatable bonds is 4. The van der Waals surface area contributed by atoms with E-state index < -0.39 is 0 Å². The van der Waals surface area contributed by atoms with Crippen LogP contribution < -0.4 is 10.9 Å². The predicted octanol–water partition coefficient (Wildman–Crippen LogP) is 0.374. The van der Waals surface area contributed by atoms with Crippen LogP contribution in [0.1, 0.15) is 36.2 Å². The average Bonchev–Trinajstić information content (AvgIpc) is 3.30. The predicted molar refractivity (Wildman–Crippen MR) is 74.5 cm³/mol. The number of amides is 1. The van der Waals surface area contributed by atoms with E-state index in [4.69, 9.17) is 0 Å². The van der Waals surface area contributed by atoms with Crippen molar-refractivity contribution in [2.75, 3.05) is 19.6 Å². The van der Waals surface area contributed by atoms with Gasteiger partial charge in [-0.1, -0.05) is 0 Å². The van der Waals surface area contributed by atoms with Crippen LogP contribution in [0.5, 0.6) is 0 Å². The number of likely N-dealkylation sites (tertiary alicyclic amines) is 1. The number of piperidine rings is 1. The highest BCUT2D eigenvalue weighted by Crippen LogP contribution is 2.28. The molecule has 20 heavy (non-hydrogen) atoms. The smallest absolute Gasteiger partial charge is 0.273 e. The van der Waals surface area contributed by atoms with Crippen LogP contribution in [0.4, 0.5) is 0 Å². The zero-order valence-corrected chi connectivity index (χ0v) is 11.5. The van der Waals surface area contributed by atoms with Crippen LogP contribution in [-0.2, 0) is 0 Å². The van der Waals surface area contributed by atoms with Crippen molar-refractivity contribution in [3.8, 4) is 0 Å². The van der Waals surface area contributed by atoms with E-state index in [1.807, 2.05) is 4.90 Å². The molecule has 0 bridgehead atoms. The first-order valence-corrected chi connectivity index (χ1v) is 7.30. The first kappa shape index (κ1) is 13.3. The molecule has 0 aromatic carbocycles. The van der Waals surface area contributed by atoms with Crippen LogP contribution in [0.15, 0.2) is 17.2 Å². The number of carbonyl (C=O) groups is 1.